The molecule has 1 atom stereocenters. The number of benzene rings is 1. The van der Waals surface area contributed by atoms with Crippen LogP contribution in [0.25, 0.3) is 0 Å². The van der Waals surface area contributed by atoms with Gasteiger partial charge in [0.1, 0.15) is 17.9 Å². The molecule has 2 N–H and O–H groups in total. The summed E-state index contributed by atoms with van der Waals surface area (Å²) in [6.45, 7) is 2.58. The summed E-state index contributed by atoms with van der Waals surface area (Å²) in [6.07, 6.45) is 4.90. The zero-order valence-electron chi connectivity index (χ0n) is 20.3. The van der Waals surface area contributed by atoms with Gasteiger partial charge in [0.05, 0.1) is 11.8 Å². The molecule has 36 heavy (non-hydrogen) atoms. The number of rotatable bonds is 7. The van der Waals surface area contributed by atoms with Crippen molar-refractivity contribution in [2.45, 2.75) is 70.5 Å². The number of anilines is 1. The molecule has 6 nitrogen and oxygen atoms in total. The minimum absolute atomic E-state index is 0.0757. The van der Waals surface area contributed by atoms with Crippen molar-refractivity contribution >= 4 is 5.82 Å². The minimum atomic E-state index is -4.69. The molecular formula is C27H33F3N4O2. The number of halogens is 3. The van der Waals surface area contributed by atoms with Crippen LogP contribution in [-0.2, 0) is 19.5 Å². The van der Waals surface area contributed by atoms with Gasteiger partial charge in [-0.2, -0.15) is 0 Å². The van der Waals surface area contributed by atoms with E-state index in [1.165, 1.54) is 50.7 Å². The van der Waals surface area contributed by atoms with Crippen LogP contribution in [-0.4, -0.2) is 45.5 Å². The first kappa shape index (κ1) is 24.0. The maximum absolute atomic E-state index is 12.4. The first-order valence-electron chi connectivity index (χ1n) is 13.1. The molecule has 4 bridgehead atoms. The van der Waals surface area contributed by atoms with E-state index in [0.29, 0.717) is 19.6 Å². The molecular weight excluding hydrogens is 469 g/mol. The molecule has 194 valence electrons. The molecule has 1 aliphatic heterocycles. The van der Waals surface area contributed by atoms with Crippen molar-refractivity contribution in [1.82, 2.24) is 14.9 Å². The number of alkyl halides is 3. The van der Waals surface area contributed by atoms with Crippen LogP contribution in [0.5, 0.6) is 5.75 Å². The fourth-order valence-electron chi connectivity index (χ4n) is 7.75. The van der Waals surface area contributed by atoms with Gasteiger partial charge in [-0.1, -0.05) is 12.1 Å². The Balaban J connectivity index is 1.07. The van der Waals surface area contributed by atoms with Gasteiger partial charge in [0, 0.05) is 31.7 Å². The molecule has 0 radical (unpaired) electrons. The maximum atomic E-state index is 12.4. The van der Waals surface area contributed by atoms with Crippen LogP contribution in [0.3, 0.4) is 0 Å². The Morgan fingerprint density at radius 3 is 2.36 bits per heavy atom. The van der Waals surface area contributed by atoms with Crippen LogP contribution in [0.15, 0.2) is 30.6 Å². The quantitative estimate of drug-likeness (QED) is 0.560. The van der Waals surface area contributed by atoms with Gasteiger partial charge in [0.2, 0.25) is 0 Å². The Labute approximate surface area is 209 Å². The SMILES string of the molecule is OC(CNc1ncnc2c1CCN(Cc1ccc(OC(F)(F)F)cc1)C2)C12CC3CC(CC(C3)C1)C2. The van der Waals surface area contributed by atoms with Crippen LogP contribution >= 0.6 is 0 Å². The molecule has 4 saturated carbocycles. The summed E-state index contributed by atoms with van der Waals surface area (Å²) in [7, 11) is 0. The summed E-state index contributed by atoms with van der Waals surface area (Å²) in [4.78, 5) is 11.2. The molecule has 1 aromatic carbocycles. The lowest BCUT2D eigenvalue weighted by Crippen LogP contribution is -2.53. The van der Waals surface area contributed by atoms with E-state index in [0.717, 1.165) is 53.4 Å². The van der Waals surface area contributed by atoms with Crippen molar-refractivity contribution < 1.29 is 23.0 Å². The Morgan fingerprint density at radius 1 is 1.06 bits per heavy atom. The summed E-state index contributed by atoms with van der Waals surface area (Å²) in [5, 5.41) is 14.7. The second kappa shape index (κ2) is 9.17. The van der Waals surface area contributed by atoms with E-state index >= 15 is 0 Å². The average Bonchev–Trinajstić information content (AvgIpc) is 2.82. The lowest BCUT2D eigenvalue weighted by molar-refractivity contribution is -0.274. The van der Waals surface area contributed by atoms with Crippen LogP contribution in [0.4, 0.5) is 19.0 Å². The molecule has 9 heteroatoms. The fourth-order valence-corrected chi connectivity index (χ4v) is 7.75. The third kappa shape index (κ3) is 4.92. The zero-order valence-corrected chi connectivity index (χ0v) is 20.3. The Kier molecular flexibility index (Phi) is 6.11. The first-order chi connectivity index (χ1) is 17.2. The normalized spacial score (nSPS) is 30.2. The van der Waals surface area contributed by atoms with Crippen LogP contribution in [0.2, 0.25) is 0 Å². The average molecular weight is 503 g/mol. The van der Waals surface area contributed by atoms with Crippen LogP contribution in [0.1, 0.15) is 55.3 Å². The van der Waals surface area contributed by atoms with Gasteiger partial charge in [0.25, 0.3) is 0 Å². The molecule has 4 aliphatic carbocycles. The number of hydrogen-bond donors (Lipinski definition) is 2. The highest BCUT2D eigenvalue weighted by atomic mass is 19.4. The van der Waals surface area contributed by atoms with Gasteiger partial charge >= 0.3 is 6.36 Å². The van der Waals surface area contributed by atoms with Crippen molar-refractivity contribution in [3.05, 3.63) is 47.4 Å². The van der Waals surface area contributed by atoms with Crippen LogP contribution < -0.4 is 10.1 Å². The van der Waals surface area contributed by atoms with Crippen molar-refractivity contribution in [2.75, 3.05) is 18.4 Å². The highest BCUT2D eigenvalue weighted by Crippen LogP contribution is 2.61. The lowest BCUT2D eigenvalue weighted by Gasteiger charge is -2.58. The van der Waals surface area contributed by atoms with E-state index in [1.807, 2.05) is 0 Å². The molecule has 7 rings (SSSR count). The summed E-state index contributed by atoms with van der Waals surface area (Å²) >= 11 is 0. The highest BCUT2D eigenvalue weighted by Gasteiger charge is 2.53. The highest BCUT2D eigenvalue weighted by molar-refractivity contribution is 5.47. The number of aliphatic hydroxyl groups excluding tert-OH is 1. The smallest absolute Gasteiger partial charge is 0.406 e. The van der Waals surface area contributed by atoms with Crippen molar-refractivity contribution in [3.63, 3.8) is 0 Å². The molecule has 0 saturated heterocycles. The summed E-state index contributed by atoms with van der Waals surface area (Å²) in [6, 6.07) is 6.02. The number of aromatic nitrogens is 2. The largest absolute Gasteiger partial charge is 0.573 e. The Morgan fingerprint density at radius 2 is 1.72 bits per heavy atom. The number of hydrogen-bond acceptors (Lipinski definition) is 6. The Hall–Kier alpha value is -2.39. The van der Waals surface area contributed by atoms with E-state index in [2.05, 4.69) is 24.9 Å². The van der Waals surface area contributed by atoms with E-state index in [-0.39, 0.29) is 17.3 Å². The zero-order chi connectivity index (χ0) is 24.9. The topological polar surface area (TPSA) is 70.5 Å². The molecule has 1 unspecified atom stereocenters. The molecule has 2 aromatic rings. The van der Waals surface area contributed by atoms with Crippen molar-refractivity contribution in [2.24, 2.45) is 23.2 Å². The Bertz CT molecular complexity index is 1060. The molecule has 1 aromatic heterocycles. The maximum Gasteiger partial charge on any atom is 0.573 e. The van der Waals surface area contributed by atoms with Crippen molar-refractivity contribution in [3.8, 4) is 5.75 Å². The summed E-state index contributed by atoms with van der Waals surface area (Å²) in [5.41, 5.74) is 3.05. The van der Waals surface area contributed by atoms with Crippen LogP contribution in [0, 0.1) is 23.2 Å². The monoisotopic (exact) mass is 502 g/mol. The lowest BCUT2D eigenvalue weighted by atomic mass is 9.48. The standard InChI is InChI=1S/C27H33F3N4O2/c28-27(29,30)36-21-3-1-17(2-4-21)14-34-6-5-22-23(15-34)32-16-33-25(22)31-13-24(35)26-10-18-7-19(11-26)9-20(8-18)12-26/h1-4,16,18-20,24,35H,5-15H2,(H,31,32,33). The van der Waals surface area contributed by atoms with Gasteiger partial charge in [-0.15, -0.1) is 13.2 Å². The van der Waals surface area contributed by atoms with E-state index in [9.17, 15) is 18.3 Å². The summed E-state index contributed by atoms with van der Waals surface area (Å²) in [5.74, 6) is 3.01. The number of nitrogens with zero attached hydrogens (tertiary/aromatic N) is 3. The molecule has 0 spiro atoms. The number of nitrogens with one attached hydrogen (secondary N) is 1. The van der Waals surface area contributed by atoms with E-state index < -0.39 is 6.36 Å². The molecule has 4 fully saturated rings. The first-order valence-corrected chi connectivity index (χ1v) is 13.1. The third-order valence-electron chi connectivity index (χ3n) is 8.90. The van der Waals surface area contributed by atoms with Gasteiger partial charge in [-0.05, 0) is 85.8 Å². The molecule has 2 heterocycles. The van der Waals surface area contributed by atoms with Crippen molar-refractivity contribution in [1.29, 1.82) is 0 Å². The van der Waals surface area contributed by atoms with Gasteiger partial charge in [-0.3, -0.25) is 4.90 Å². The predicted octanol–water partition coefficient (Wildman–Crippen LogP) is 4.92. The van der Waals surface area contributed by atoms with Gasteiger partial charge in [-0.25, -0.2) is 9.97 Å². The number of fused-ring (bicyclic) bond motifs is 1. The second-order valence-corrected chi connectivity index (χ2v) is 11.5. The van der Waals surface area contributed by atoms with E-state index in [4.69, 9.17) is 0 Å². The van der Waals surface area contributed by atoms with E-state index in [1.54, 1.807) is 18.5 Å². The van der Waals surface area contributed by atoms with Gasteiger partial charge in [0.15, 0.2) is 0 Å². The molecule has 5 aliphatic rings. The summed E-state index contributed by atoms with van der Waals surface area (Å²) < 4.78 is 41.1. The minimum Gasteiger partial charge on any atom is -0.406 e. The molecule has 0 amide bonds. The number of ether oxygens (including phenoxy) is 1. The second-order valence-electron chi connectivity index (χ2n) is 11.5. The predicted molar refractivity (Wildman–Crippen MR) is 128 cm³/mol. The number of aliphatic hydroxyl groups is 1. The fraction of sp³-hybridized carbons (Fsp3) is 0.630. The third-order valence-corrected chi connectivity index (χ3v) is 8.90. The van der Waals surface area contributed by atoms with Gasteiger partial charge < -0.3 is 15.2 Å².